The van der Waals surface area contributed by atoms with E-state index < -0.39 is 0 Å². The summed E-state index contributed by atoms with van der Waals surface area (Å²) in [5.41, 5.74) is 4.12. The molecule has 24 heavy (non-hydrogen) atoms. The molecule has 1 aromatic heterocycles. The molecule has 0 unspecified atom stereocenters. The molecule has 2 aromatic rings. The summed E-state index contributed by atoms with van der Waals surface area (Å²) in [6.07, 6.45) is 1.80. The van der Waals surface area contributed by atoms with Crippen molar-refractivity contribution in [2.75, 3.05) is 14.2 Å². The predicted molar refractivity (Wildman–Crippen MR) is 90.0 cm³/mol. The van der Waals surface area contributed by atoms with Crippen molar-refractivity contribution in [1.29, 1.82) is 0 Å². The normalized spacial score (nSPS) is 15.9. The van der Waals surface area contributed by atoms with Crippen LogP contribution in [-0.2, 0) is 13.0 Å². The van der Waals surface area contributed by atoms with Crippen LogP contribution in [-0.4, -0.2) is 30.2 Å². The largest absolute Gasteiger partial charge is 0.496 e. The maximum atomic E-state index is 12.5. The Morgan fingerprint density at radius 3 is 2.92 bits per heavy atom. The van der Waals surface area contributed by atoms with Gasteiger partial charge in [0.15, 0.2) is 0 Å². The van der Waals surface area contributed by atoms with Gasteiger partial charge in [-0.2, -0.15) is 0 Å². The molecule has 0 bridgehead atoms. The van der Waals surface area contributed by atoms with E-state index in [9.17, 15) is 4.79 Å². The van der Waals surface area contributed by atoms with Crippen LogP contribution in [0, 0.1) is 13.8 Å². The Hall–Kier alpha value is -2.50. The third kappa shape index (κ3) is 2.96. The molecule has 3 rings (SSSR count). The summed E-state index contributed by atoms with van der Waals surface area (Å²) in [6, 6.07) is 5.91. The summed E-state index contributed by atoms with van der Waals surface area (Å²) in [4.78, 5) is 14.2. The van der Waals surface area contributed by atoms with Crippen molar-refractivity contribution in [3.8, 4) is 5.75 Å². The number of nitrogens with one attached hydrogen (secondary N) is 1. The molecule has 0 saturated carbocycles. The number of rotatable bonds is 4. The van der Waals surface area contributed by atoms with E-state index in [2.05, 4.69) is 16.5 Å². The smallest absolute Gasteiger partial charge is 0.317 e. The first-order valence-electron chi connectivity index (χ1n) is 8.10. The Balaban J connectivity index is 1.68. The van der Waals surface area contributed by atoms with Gasteiger partial charge in [-0.3, -0.25) is 0 Å². The number of hydrogen-bond donors (Lipinski definition) is 1. The fraction of sp³-hybridized carbons (Fsp3) is 0.444. The molecule has 0 aliphatic heterocycles. The number of amides is 2. The number of fused-ring (bicyclic) bond motifs is 1. The van der Waals surface area contributed by atoms with Crippen LogP contribution in [0.25, 0.3) is 0 Å². The Morgan fingerprint density at radius 1 is 1.46 bits per heavy atom. The van der Waals surface area contributed by atoms with Gasteiger partial charge in [-0.15, -0.1) is 0 Å². The van der Waals surface area contributed by atoms with E-state index in [1.54, 1.807) is 19.1 Å². The van der Waals surface area contributed by atoms with Crippen LogP contribution >= 0.6 is 0 Å². The number of aromatic nitrogens is 1. The molecule has 1 atom stereocenters. The van der Waals surface area contributed by atoms with Crippen molar-refractivity contribution in [2.24, 2.45) is 0 Å². The van der Waals surface area contributed by atoms with Crippen LogP contribution in [0.4, 0.5) is 4.79 Å². The first-order chi connectivity index (χ1) is 11.5. The van der Waals surface area contributed by atoms with Crippen LogP contribution in [0.1, 0.15) is 40.6 Å². The molecule has 0 spiro atoms. The van der Waals surface area contributed by atoms with E-state index in [1.807, 2.05) is 26.0 Å². The number of nitrogens with zero attached hydrogens (tertiary/aromatic N) is 2. The lowest BCUT2D eigenvalue weighted by molar-refractivity contribution is 0.202. The number of urea groups is 1. The molecule has 1 aromatic carbocycles. The van der Waals surface area contributed by atoms with Gasteiger partial charge in [0.2, 0.25) is 0 Å². The highest BCUT2D eigenvalue weighted by Gasteiger charge is 2.27. The number of aryl methyl sites for hydroxylation is 2. The average molecular weight is 329 g/mol. The number of methoxy groups -OCH3 is 1. The highest BCUT2D eigenvalue weighted by molar-refractivity contribution is 5.74. The van der Waals surface area contributed by atoms with Gasteiger partial charge in [-0.1, -0.05) is 17.3 Å². The highest BCUT2D eigenvalue weighted by atomic mass is 16.5. The van der Waals surface area contributed by atoms with Gasteiger partial charge in [0.05, 0.1) is 25.4 Å². The molecular weight excluding hydrogens is 306 g/mol. The van der Waals surface area contributed by atoms with E-state index in [-0.39, 0.29) is 12.1 Å². The van der Waals surface area contributed by atoms with Crippen molar-refractivity contribution in [2.45, 2.75) is 39.3 Å². The fourth-order valence-corrected chi connectivity index (χ4v) is 3.26. The van der Waals surface area contributed by atoms with E-state index in [0.717, 1.165) is 41.2 Å². The molecule has 0 radical (unpaired) electrons. The third-order valence-corrected chi connectivity index (χ3v) is 4.67. The lowest BCUT2D eigenvalue weighted by atomic mass is 10.1. The zero-order chi connectivity index (χ0) is 17.3. The molecule has 1 aliphatic carbocycles. The van der Waals surface area contributed by atoms with Crippen molar-refractivity contribution in [1.82, 2.24) is 15.4 Å². The van der Waals surface area contributed by atoms with Gasteiger partial charge in [-0.25, -0.2) is 4.79 Å². The molecule has 1 aliphatic rings. The van der Waals surface area contributed by atoms with Crippen molar-refractivity contribution >= 4 is 6.03 Å². The predicted octanol–water partition coefficient (Wildman–Crippen LogP) is 3.13. The standard InChI is InChI=1S/C18H23N3O3/c1-11-15(12(2)24-20-11)10-21(3)18(22)19-16-9-8-14-13(16)6-5-7-17(14)23-4/h5-7,16H,8-10H2,1-4H3,(H,19,22)/t16-/m0/s1. The van der Waals surface area contributed by atoms with Gasteiger partial charge in [0, 0.05) is 12.6 Å². The molecule has 0 fully saturated rings. The van der Waals surface area contributed by atoms with Gasteiger partial charge in [0.25, 0.3) is 0 Å². The van der Waals surface area contributed by atoms with Gasteiger partial charge < -0.3 is 19.5 Å². The molecule has 2 amide bonds. The maximum Gasteiger partial charge on any atom is 0.317 e. The van der Waals surface area contributed by atoms with Gasteiger partial charge in [-0.05, 0) is 43.9 Å². The quantitative estimate of drug-likeness (QED) is 0.936. The van der Waals surface area contributed by atoms with Crippen LogP contribution < -0.4 is 10.1 Å². The van der Waals surface area contributed by atoms with Crippen LogP contribution in [0.3, 0.4) is 0 Å². The number of ether oxygens (including phenoxy) is 1. The van der Waals surface area contributed by atoms with Crippen LogP contribution in [0.15, 0.2) is 22.7 Å². The number of hydrogen-bond acceptors (Lipinski definition) is 4. The fourth-order valence-electron chi connectivity index (χ4n) is 3.26. The lowest BCUT2D eigenvalue weighted by Crippen LogP contribution is -2.38. The van der Waals surface area contributed by atoms with Crippen LogP contribution in [0.2, 0.25) is 0 Å². The maximum absolute atomic E-state index is 12.5. The van der Waals surface area contributed by atoms with E-state index in [4.69, 9.17) is 9.26 Å². The number of carbonyl (C=O) groups is 1. The first kappa shape index (κ1) is 16.4. The van der Waals surface area contributed by atoms with Crippen molar-refractivity contribution in [3.05, 3.63) is 46.3 Å². The lowest BCUT2D eigenvalue weighted by Gasteiger charge is -2.21. The Bertz CT molecular complexity index is 734. The topological polar surface area (TPSA) is 67.6 Å². The minimum Gasteiger partial charge on any atom is -0.496 e. The molecule has 128 valence electrons. The molecular formula is C18H23N3O3. The van der Waals surface area contributed by atoms with Gasteiger partial charge >= 0.3 is 6.03 Å². The molecule has 1 N–H and O–H groups in total. The zero-order valence-electron chi connectivity index (χ0n) is 14.5. The summed E-state index contributed by atoms with van der Waals surface area (Å²) in [7, 11) is 3.46. The monoisotopic (exact) mass is 329 g/mol. The Kier molecular flexibility index (Phi) is 4.46. The molecule has 6 heteroatoms. The average Bonchev–Trinajstić information content (AvgIpc) is 3.12. The summed E-state index contributed by atoms with van der Waals surface area (Å²) in [5.74, 6) is 1.65. The van der Waals surface area contributed by atoms with E-state index >= 15 is 0 Å². The van der Waals surface area contributed by atoms with Gasteiger partial charge in [0.1, 0.15) is 11.5 Å². The Morgan fingerprint density at radius 2 is 2.25 bits per heavy atom. The van der Waals surface area contributed by atoms with Crippen LogP contribution in [0.5, 0.6) is 5.75 Å². The molecule has 0 saturated heterocycles. The first-order valence-corrected chi connectivity index (χ1v) is 8.10. The minimum absolute atomic E-state index is 0.0229. The van der Waals surface area contributed by atoms with Crippen molar-refractivity contribution < 1.29 is 14.1 Å². The zero-order valence-corrected chi connectivity index (χ0v) is 14.5. The minimum atomic E-state index is -0.101. The van der Waals surface area contributed by atoms with E-state index in [0.29, 0.717) is 6.54 Å². The molecule has 1 heterocycles. The highest BCUT2D eigenvalue weighted by Crippen LogP contribution is 2.36. The number of carbonyl (C=O) groups excluding carboxylic acids is 1. The summed E-state index contributed by atoms with van der Waals surface area (Å²) >= 11 is 0. The third-order valence-electron chi connectivity index (χ3n) is 4.67. The molecule has 6 nitrogen and oxygen atoms in total. The van der Waals surface area contributed by atoms with E-state index in [1.165, 1.54) is 5.56 Å². The SMILES string of the molecule is COc1cccc2c1CC[C@@H]2NC(=O)N(C)Cc1c(C)noc1C. The second kappa shape index (κ2) is 6.55. The van der Waals surface area contributed by atoms with Crippen molar-refractivity contribution in [3.63, 3.8) is 0 Å². The summed E-state index contributed by atoms with van der Waals surface area (Å²) in [5, 5.41) is 7.05. The second-order valence-electron chi connectivity index (χ2n) is 6.23. The summed E-state index contributed by atoms with van der Waals surface area (Å²) < 4.78 is 10.6. The Labute approximate surface area is 141 Å². The number of benzene rings is 1. The summed E-state index contributed by atoms with van der Waals surface area (Å²) in [6.45, 7) is 4.22. The second-order valence-corrected chi connectivity index (χ2v) is 6.23.